The Morgan fingerprint density at radius 2 is 2.18 bits per heavy atom. The Kier molecular flexibility index (Phi) is 3.28. The molecule has 5 heteroatoms. The van der Waals surface area contributed by atoms with Crippen LogP contribution in [-0.2, 0) is 0 Å². The Balaban J connectivity index is 2.68. The van der Waals surface area contributed by atoms with Crippen LogP contribution in [0.4, 0.5) is 5.82 Å². The Bertz CT molecular complexity index is 537. The van der Waals surface area contributed by atoms with Crippen molar-refractivity contribution in [2.75, 3.05) is 19.1 Å². The molecule has 0 aliphatic heterocycles. The maximum atomic E-state index is 5.65. The van der Waals surface area contributed by atoms with E-state index in [2.05, 4.69) is 16.3 Å². The van der Waals surface area contributed by atoms with E-state index in [1.807, 2.05) is 25.3 Å². The first kappa shape index (κ1) is 11.9. The maximum Gasteiger partial charge on any atom is 0.145 e. The first-order valence-electron chi connectivity index (χ1n) is 5.20. The molecule has 0 aliphatic rings. The summed E-state index contributed by atoms with van der Waals surface area (Å²) < 4.78 is 5.48. The first-order chi connectivity index (χ1) is 8.17. The topological polar surface area (TPSA) is 63.9 Å². The van der Waals surface area contributed by atoms with E-state index in [0.29, 0.717) is 5.82 Å². The lowest BCUT2D eigenvalue weighted by Gasteiger charge is -2.13. The third-order valence-electron chi connectivity index (χ3n) is 2.61. The number of rotatable bonds is 3. The fraction of sp³-hybridized carbons (Fsp3) is 0.250. The number of hydrogen-bond acceptors (Lipinski definition) is 4. The summed E-state index contributed by atoms with van der Waals surface area (Å²) in [6.45, 7) is 2.02. The van der Waals surface area contributed by atoms with E-state index in [1.165, 1.54) is 0 Å². The first-order valence-corrected chi connectivity index (χ1v) is 6.42. The van der Waals surface area contributed by atoms with Gasteiger partial charge in [-0.2, -0.15) is 5.10 Å². The van der Waals surface area contributed by atoms with Crippen molar-refractivity contribution in [1.82, 2.24) is 10.2 Å². The van der Waals surface area contributed by atoms with E-state index in [-0.39, 0.29) is 0 Å². The fourth-order valence-electron chi connectivity index (χ4n) is 1.82. The Morgan fingerprint density at radius 1 is 1.41 bits per heavy atom. The number of nitrogens with one attached hydrogen (secondary N) is 1. The van der Waals surface area contributed by atoms with Crippen molar-refractivity contribution in [3.63, 3.8) is 0 Å². The molecule has 0 atom stereocenters. The highest BCUT2D eigenvalue weighted by molar-refractivity contribution is 7.98. The van der Waals surface area contributed by atoms with Gasteiger partial charge in [-0.3, -0.25) is 5.10 Å². The maximum absolute atomic E-state index is 5.65. The van der Waals surface area contributed by atoms with Gasteiger partial charge in [0.25, 0.3) is 0 Å². The van der Waals surface area contributed by atoms with Crippen LogP contribution >= 0.6 is 11.8 Å². The number of thioether (sulfide) groups is 1. The molecule has 0 radical (unpaired) electrons. The predicted octanol–water partition coefficient (Wildman–Crippen LogP) is 2.70. The van der Waals surface area contributed by atoms with Crippen LogP contribution in [0.2, 0.25) is 0 Å². The molecular formula is C12H15N3OS. The summed E-state index contributed by atoms with van der Waals surface area (Å²) in [5, 5.41) is 6.89. The normalized spacial score (nSPS) is 10.5. The van der Waals surface area contributed by atoms with Gasteiger partial charge in [0.05, 0.1) is 18.4 Å². The number of methoxy groups -OCH3 is 1. The van der Waals surface area contributed by atoms with E-state index in [0.717, 1.165) is 27.5 Å². The minimum absolute atomic E-state index is 0.482. The van der Waals surface area contributed by atoms with E-state index < -0.39 is 0 Å². The Morgan fingerprint density at radius 3 is 2.71 bits per heavy atom. The molecular weight excluding hydrogens is 234 g/mol. The van der Waals surface area contributed by atoms with Gasteiger partial charge in [-0.1, -0.05) is 6.07 Å². The van der Waals surface area contributed by atoms with Gasteiger partial charge >= 0.3 is 0 Å². The second kappa shape index (κ2) is 4.71. The van der Waals surface area contributed by atoms with Crippen molar-refractivity contribution >= 4 is 17.6 Å². The molecule has 0 bridgehead atoms. The number of aromatic nitrogens is 2. The minimum Gasteiger partial charge on any atom is -0.496 e. The molecule has 17 heavy (non-hydrogen) atoms. The summed E-state index contributed by atoms with van der Waals surface area (Å²) in [5.74, 6) is 1.34. The number of H-pyrrole nitrogens is 1. The minimum atomic E-state index is 0.482. The van der Waals surface area contributed by atoms with E-state index in [1.54, 1.807) is 18.9 Å². The van der Waals surface area contributed by atoms with Crippen molar-refractivity contribution in [2.45, 2.75) is 11.8 Å². The molecule has 2 aromatic rings. The lowest BCUT2D eigenvalue weighted by Crippen LogP contribution is -1.93. The molecule has 1 aromatic heterocycles. The third kappa shape index (κ3) is 2.10. The predicted molar refractivity (Wildman–Crippen MR) is 71.5 cm³/mol. The largest absolute Gasteiger partial charge is 0.496 e. The lowest BCUT2D eigenvalue weighted by atomic mass is 10.1. The molecule has 0 spiro atoms. The smallest absolute Gasteiger partial charge is 0.145 e. The van der Waals surface area contributed by atoms with Crippen LogP contribution in [0.5, 0.6) is 5.75 Å². The van der Waals surface area contributed by atoms with E-state index in [4.69, 9.17) is 10.5 Å². The zero-order valence-electron chi connectivity index (χ0n) is 10.1. The zero-order chi connectivity index (χ0) is 12.4. The van der Waals surface area contributed by atoms with Gasteiger partial charge in [-0.15, -0.1) is 11.8 Å². The number of anilines is 1. The van der Waals surface area contributed by atoms with Crippen LogP contribution < -0.4 is 10.5 Å². The van der Waals surface area contributed by atoms with Crippen molar-refractivity contribution in [3.8, 4) is 17.0 Å². The average Bonchev–Trinajstić information content (AvgIpc) is 2.75. The van der Waals surface area contributed by atoms with Gasteiger partial charge in [0.2, 0.25) is 0 Å². The molecule has 0 unspecified atom stereocenters. The third-order valence-corrected chi connectivity index (χ3v) is 3.39. The van der Waals surface area contributed by atoms with Gasteiger partial charge in [0.15, 0.2) is 0 Å². The van der Waals surface area contributed by atoms with Crippen molar-refractivity contribution in [2.24, 2.45) is 0 Å². The quantitative estimate of drug-likeness (QED) is 0.821. The number of nitrogens with two attached hydrogens (primary N) is 1. The second-order valence-corrected chi connectivity index (χ2v) is 4.55. The van der Waals surface area contributed by atoms with Gasteiger partial charge in [-0.05, 0) is 24.8 Å². The number of nitrogen functional groups attached to an aromatic ring is 1. The molecule has 0 saturated carbocycles. The van der Waals surface area contributed by atoms with Crippen LogP contribution in [-0.4, -0.2) is 23.6 Å². The summed E-state index contributed by atoms with van der Waals surface area (Å²) in [4.78, 5) is 1.14. The van der Waals surface area contributed by atoms with E-state index in [9.17, 15) is 0 Å². The fourth-order valence-corrected chi connectivity index (χ4v) is 2.43. The second-order valence-electron chi connectivity index (χ2n) is 3.70. The highest BCUT2D eigenvalue weighted by Gasteiger charge is 2.15. The summed E-state index contributed by atoms with van der Waals surface area (Å²) >= 11 is 1.67. The van der Waals surface area contributed by atoms with Crippen LogP contribution in [0.15, 0.2) is 23.1 Å². The highest BCUT2D eigenvalue weighted by atomic mass is 32.2. The molecule has 0 fully saturated rings. The van der Waals surface area contributed by atoms with Gasteiger partial charge < -0.3 is 10.5 Å². The SMILES string of the molecule is COc1c(C)ccc(SC)c1-c1cc(N)n[nH]1. The molecule has 3 N–H and O–H groups in total. The highest BCUT2D eigenvalue weighted by Crippen LogP contribution is 2.39. The Hall–Kier alpha value is -1.62. The Labute approximate surface area is 105 Å². The summed E-state index contributed by atoms with van der Waals surface area (Å²) in [5.41, 5.74) is 8.64. The summed E-state index contributed by atoms with van der Waals surface area (Å²) in [6, 6.07) is 5.94. The van der Waals surface area contributed by atoms with Crippen molar-refractivity contribution in [3.05, 3.63) is 23.8 Å². The van der Waals surface area contributed by atoms with Crippen LogP contribution in [0.25, 0.3) is 11.3 Å². The number of nitrogens with zero attached hydrogens (tertiary/aromatic N) is 1. The number of aryl methyl sites for hydroxylation is 1. The van der Waals surface area contributed by atoms with E-state index >= 15 is 0 Å². The number of benzene rings is 1. The zero-order valence-corrected chi connectivity index (χ0v) is 10.9. The summed E-state index contributed by atoms with van der Waals surface area (Å²) in [7, 11) is 1.68. The molecule has 0 aliphatic carbocycles. The van der Waals surface area contributed by atoms with Crippen LogP contribution in [0.3, 0.4) is 0 Å². The summed E-state index contributed by atoms with van der Waals surface area (Å²) in [6.07, 6.45) is 2.04. The molecule has 1 heterocycles. The number of ether oxygens (including phenoxy) is 1. The monoisotopic (exact) mass is 249 g/mol. The number of aromatic amines is 1. The van der Waals surface area contributed by atoms with Crippen LogP contribution in [0.1, 0.15) is 5.56 Å². The van der Waals surface area contributed by atoms with Gasteiger partial charge in [0, 0.05) is 11.0 Å². The molecule has 90 valence electrons. The molecule has 4 nitrogen and oxygen atoms in total. The standard InChI is InChI=1S/C12H15N3OS/c1-7-4-5-9(17-3)11(12(7)16-2)8-6-10(13)15-14-8/h4-6H,1-3H3,(H3,13,14,15). The molecule has 0 saturated heterocycles. The van der Waals surface area contributed by atoms with Crippen molar-refractivity contribution < 1.29 is 4.74 Å². The van der Waals surface area contributed by atoms with Gasteiger partial charge in [-0.25, -0.2) is 0 Å². The molecule has 1 aromatic carbocycles. The molecule has 2 rings (SSSR count). The van der Waals surface area contributed by atoms with Crippen LogP contribution in [0, 0.1) is 6.92 Å². The van der Waals surface area contributed by atoms with Gasteiger partial charge in [0.1, 0.15) is 11.6 Å². The molecule has 0 amide bonds. The van der Waals surface area contributed by atoms with Crippen molar-refractivity contribution in [1.29, 1.82) is 0 Å². The lowest BCUT2D eigenvalue weighted by molar-refractivity contribution is 0.412. The average molecular weight is 249 g/mol. The number of hydrogen-bond donors (Lipinski definition) is 2.